The number of thiazole rings is 1. The average Bonchev–Trinajstić information content (AvgIpc) is 3.32. The summed E-state index contributed by atoms with van der Waals surface area (Å²) in [6.45, 7) is 8.36. The molecule has 1 saturated heterocycles. The number of nitrogens with one attached hydrogen (secondary N) is 2. The Morgan fingerprint density at radius 3 is 2.67 bits per heavy atom. The largest absolute Gasteiger partial charge is 0.379 e. The minimum absolute atomic E-state index is 0. The van der Waals surface area contributed by atoms with Gasteiger partial charge in [0.05, 0.1) is 32.0 Å². The normalized spacial score (nSPS) is 15.0. The molecular formula is C18H32IN9OS. The number of rotatable bonds is 8. The number of aryl methyl sites for hydroxylation is 1. The quantitative estimate of drug-likeness (QED) is 0.284. The SMILES string of the molecule is Cc1nnc(CNC(=NCc2csc(N(C)C)n2)NCCN2CCOCC2)n1C.I. The number of nitrogens with zero attached hydrogens (tertiary/aromatic N) is 7. The molecule has 0 saturated carbocycles. The van der Waals surface area contributed by atoms with Gasteiger partial charge in [0.1, 0.15) is 5.82 Å². The number of hydrogen-bond donors (Lipinski definition) is 2. The minimum atomic E-state index is 0. The number of aliphatic imine (C=N–C) groups is 1. The summed E-state index contributed by atoms with van der Waals surface area (Å²) < 4.78 is 7.39. The molecule has 30 heavy (non-hydrogen) atoms. The van der Waals surface area contributed by atoms with E-state index in [1.54, 1.807) is 11.3 Å². The van der Waals surface area contributed by atoms with Crippen LogP contribution in [0.3, 0.4) is 0 Å². The van der Waals surface area contributed by atoms with Crippen LogP contribution in [0.2, 0.25) is 0 Å². The molecule has 0 aromatic carbocycles. The van der Waals surface area contributed by atoms with Crippen LogP contribution in [-0.2, 0) is 24.9 Å². The number of morpholine rings is 1. The standard InChI is InChI=1S/C18H31N9OS.HI/c1-14-23-24-16(26(14)4)12-21-17(19-5-6-27-7-9-28-10-8-27)20-11-15-13-29-18(22-15)25(2)3;/h13H,5-12H2,1-4H3,(H2,19,20,21);1H. The average molecular weight is 549 g/mol. The summed E-state index contributed by atoms with van der Waals surface area (Å²) in [5.41, 5.74) is 0.961. The summed E-state index contributed by atoms with van der Waals surface area (Å²) in [5, 5.41) is 18.2. The number of halogens is 1. The van der Waals surface area contributed by atoms with Crippen molar-refractivity contribution in [1.82, 2.24) is 35.3 Å². The molecule has 3 rings (SSSR count). The van der Waals surface area contributed by atoms with Gasteiger partial charge >= 0.3 is 0 Å². The summed E-state index contributed by atoms with van der Waals surface area (Å²) in [7, 11) is 5.96. The van der Waals surface area contributed by atoms with E-state index in [-0.39, 0.29) is 24.0 Å². The summed E-state index contributed by atoms with van der Waals surface area (Å²) in [6.07, 6.45) is 0. The smallest absolute Gasteiger partial charge is 0.192 e. The first-order valence-corrected chi connectivity index (χ1v) is 10.7. The van der Waals surface area contributed by atoms with Gasteiger partial charge < -0.3 is 24.8 Å². The maximum atomic E-state index is 5.41. The molecule has 12 heteroatoms. The van der Waals surface area contributed by atoms with E-state index < -0.39 is 0 Å². The highest BCUT2D eigenvalue weighted by Crippen LogP contribution is 2.18. The first kappa shape index (κ1) is 24.8. The van der Waals surface area contributed by atoms with Crippen molar-refractivity contribution in [3.63, 3.8) is 0 Å². The predicted molar refractivity (Wildman–Crippen MR) is 131 cm³/mol. The third-order valence-corrected chi connectivity index (χ3v) is 5.80. The van der Waals surface area contributed by atoms with E-state index in [2.05, 4.69) is 36.1 Å². The van der Waals surface area contributed by atoms with Gasteiger partial charge in [0.25, 0.3) is 0 Å². The second-order valence-electron chi connectivity index (χ2n) is 7.14. The third-order valence-electron chi connectivity index (χ3n) is 4.74. The van der Waals surface area contributed by atoms with Crippen LogP contribution >= 0.6 is 35.3 Å². The Balaban J connectivity index is 0.00000320. The van der Waals surface area contributed by atoms with Crippen molar-refractivity contribution in [3.8, 4) is 0 Å². The Morgan fingerprint density at radius 2 is 2.03 bits per heavy atom. The summed E-state index contributed by atoms with van der Waals surface area (Å²) in [6, 6.07) is 0. The Morgan fingerprint density at radius 1 is 1.27 bits per heavy atom. The van der Waals surface area contributed by atoms with E-state index in [4.69, 9.17) is 9.73 Å². The second-order valence-corrected chi connectivity index (χ2v) is 7.97. The summed E-state index contributed by atoms with van der Waals surface area (Å²) in [4.78, 5) is 13.7. The molecule has 1 aliphatic heterocycles. The van der Waals surface area contributed by atoms with Crippen molar-refractivity contribution < 1.29 is 4.74 Å². The van der Waals surface area contributed by atoms with E-state index in [0.717, 1.165) is 67.8 Å². The zero-order chi connectivity index (χ0) is 20.6. The molecule has 1 fully saturated rings. The second kappa shape index (κ2) is 12.4. The van der Waals surface area contributed by atoms with Gasteiger partial charge in [-0.1, -0.05) is 0 Å². The first-order valence-electron chi connectivity index (χ1n) is 9.82. The number of hydrogen-bond acceptors (Lipinski definition) is 8. The van der Waals surface area contributed by atoms with Crippen LogP contribution in [-0.4, -0.2) is 84.1 Å². The molecule has 2 N–H and O–H groups in total. The molecule has 1 aliphatic rings. The van der Waals surface area contributed by atoms with Crippen molar-refractivity contribution in [2.45, 2.75) is 20.0 Å². The molecule has 0 aliphatic carbocycles. The van der Waals surface area contributed by atoms with Gasteiger partial charge in [-0.05, 0) is 6.92 Å². The molecule has 0 spiro atoms. The number of ether oxygens (including phenoxy) is 1. The van der Waals surface area contributed by atoms with Gasteiger partial charge in [0.15, 0.2) is 16.9 Å². The predicted octanol–water partition coefficient (Wildman–Crippen LogP) is 0.832. The van der Waals surface area contributed by atoms with E-state index in [0.29, 0.717) is 13.1 Å². The monoisotopic (exact) mass is 549 g/mol. The zero-order valence-corrected chi connectivity index (χ0v) is 21.2. The van der Waals surface area contributed by atoms with Crippen LogP contribution in [0.15, 0.2) is 10.4 Å². The van der Waals surface area contributed by atoms with Gasteiger partial charge in [-0.25, -0.2) is 9.98 Å². The van der Waals surface area contributed by atoms with E-state index in [1.165, 1.54) is 0 Å². The molecule has 0 unspecified atom stereocenters. The fraction of sp³-hybridized carbons (Fsp3) is 0.667. The molecule has 3 heterocycles. The van der Waals surface area contributed by atoms with Gasteiger partial charge in [0, 0.05) is 52.7 Å². The van der Waals surface area contributed by atoms with Crippen molar-refractivity contribution in [2.24, 2.45) is 12.0 Å². The lowest BCUT2D eigenvalue weighted by Gasteiger charge is -2.26. The third kappa shape index (κ3) is 7.32. The minimum Gasteiger partial charge on any atom is -0.379 e. The number of anilines is 1. The summed E-state index contributed by atoms with van der Waals surface area (Å²) in [5.74, 6) is 2.51. The molecule has 0 bridgehead atoms. The van der Waals surface area contributed by atoms with Crippen molar-refractivity contribution in [1.29, 1.82) is 0 Å². The molecule has 10 nitrogen and oxygen atoms in total. The fourth-order valence-corrected chi connectivity index (χ4v) is 3.58. The Kier molecular flexibility index (Phi) is 10.2. The number of guanidine groups is 1. The van der Waals surface area contributed by atoms with Crippen LogP contribution in [0.4, 0.5) is 5.13 Å². The van der Waals surface area contributed by atoms with Crippen molar-refractivity contribution in [2.75, 3.05) is 58.4 Å². The molecular weight excluding hydrogens is 517 g/mol. The molecule has 0 amide bonds. The maximum absolute atomic E-state index is 5.41. The van der Waals surface area contributed by atoms with Crippen LogP contribution in [0, 0.1) is 6.92 Å². The van der Waals surface area contributed by atoms with E-state index in [1.807, 2.05) is 37.5 Å². The Bertz CT molecular complexity index is 801. The van der Waals surface area contributed by atoms with Crippen LogP contribution in [0.5, 0.6) is 0 Å². The Labute approximate surface area is 199 Å². The zero-order valence-electron chi connectivity index (χ0n) is 18.1. The van der Waals surface area contributed by atoms with Crippen LogP contribution in [0.1, 0.15) is 17.3 Å². The maximum Gasteiger partial charge on any atom is 0.192 e. The van der Waals surface area contributed by atoms with Gasteiger partial charge in [0.2, 0.25) is 0 Å². The first-order chi connectivity index (χ1) is 14.0. The van der Waals surface area contributed by atoms with Crippen LogP contribution < -0.4 is 15.5 Å². The van der Waals surface area contributed by atoms with Gasteiger partial charge in [-0.3, -0.25) is 4.90 Å². The van der Waals surface area contributed by atoms with Gasteiger partial charge in [-0.15, -0.1) is 45.5 Å². The highest BCUT2D eigenvalue weighted by molar-refractivity contribution is 14.0. The number of aromatic nitrogens is 4. The fourth-order valence-electron chi connectivity index (χ4n) is 2.83. The Hall–Kier alpha value is -1.51. The van der Waals surface area contributed by atoms with Crippen molar-refractivity contribution >= 4 is 46.4 Å². The highest BCUT2D eigenvalue weighted by atomic mass is 127. The lowest BCUT2D eigenvalue weighted by molar-refractivity contribution is 0.0389. The van der Waals surface area contributed by atoms with Gasteiger partial charge in [-0.2, -0.15) is 0 Å². The lowest BCUT2D eigenvalue weighted by atomic mass is 10.4. The molecule has 2 aromatic heterocycles. The topological polar surface area (TPSA) is 95.7 Å². The molecule has 0 radical (unpaired) electrons. The van der Waals surface area contributed by atoms with Crippen molar-refractivity contribution in [3.05, 3.63) is 22.7 Å². The molecule has 168 valence electrons. The highest BCUT2D eigenvalue weighted by Gasteiger charge is 2.11. The summed E-state index contributed by atoms with van der Waals surface area (Å²) >= 11 is 1.63. The lowest BCUT2D eigenvalue weighted by Crippen LogP contribution is -2.44. The van der Waals surface area contributed by atoms with E-state index in [9.17, 15) is 0 Å². The van der Waals surface area contributed by atoms with Crippen LogP contribution in [0.25, 0.3) is 0 Å². The molecule has 0 atom stereocenters. The molecule has 2 aromatic rings. The van der Waals surface area contributed by atoms with E-state index >= 15 is 0 Å².